The van der Waals surface area contributed by atoms with Crippen molar-refractivity contribution >= 4 is 27.5 Å². The van der Waals surface area contributed by atoms with Gasteiger partial charge in [-0.3, -0.25) is 9.88 Å². The number of anilines is 1. The second-order valence-corrected chi connectivity index (χ2v) is 12.6. The predicted octanol–water partition coefficient (Wildman–Crippen LogP) is 4.47. The number of hydrogen-bond acceptors (Lipinski definition) is 8. The summed E-state index contributed by atoms with van der Waals surface area (Å²) in [6, 6.07) is 12.9. The Morgan fingerprint density at radius 1 is 1.02 bits per heavy atom. The zero-order valence-electron chi connectivity index (χ0n) is 23.9. The minimum Gasteiger partial charge on any atom is -0.461 e. The van der Waals surface area contributed by atoms with Crippen LogP contribution < -0.4 is 15.0 Å². The van der Waals surface area contributed by atoms with Gasteiger partial charge in [0.1, 0.15) is 23.6 Å². The van der Waals surface area contributed by atoms with Gasteiger partial charge in [0.05, 0.1) is 10.9 Å². The van der Waals surface area contributed by atoms with Crippen molar-refractivity contribution in [1.82, 2.24) is 25.2 Å². The molecular weight excluding hydrogens is 531 g/mol. The summed E-state index contributed by atoms with van der Waals surface area (Å²) in [5, 5.41) is 15.9. The van der Waals surface area contributed by atoms with Crippen molar-refractivity contribution in [2.24, 2.45) is 0 Å². The lowest BCUT2D eigenvalue weighted by Gasteiger charge is -2.34. The average Bonchev–Trinajstić information content (AvgIpc) is 3.69. The molecule has 2 aromatic carbocycles. The SMILES string of the molecule is OCCc1cccc2cccc(-c3ncc4c(N5C[C@H]6CC[C@@H](C5)N6)nc(OCC56CCCN5CCC6)nc4c3F)c12. The summed E-state index contributed by atoms with van der Waals surface area (Å²) in [6.45, 7) is 4.41. The van der Waals surface area contributed by atoms with Gasteiger partial charge in [-0.05, 0) is 74.4 Å². The molecule has 4 aliphatic heterocycles. The van der Waals surface area contributed by atoms with Crippen LogP contribution >= 0.6 is 0 Å². The third-order valence-corrected chi connectivity index (χ3v) is 10.1. The molecule has 0 spiro atoms. The van der Waals surface area contributed by atoms with Crippen molar-refractivity contribution in [2.45, 2.75) is 62.6 Å². The maximum absolute atomic E-state index is 16.8. The Balaban J connectivity index is 1.25. The number of aromatic nitrogens is 3. The fourth-order valence-corrected chi connectivity index (χ4v) is 8.09. The molecule has 0 unspecified atom stereocenters. The van der Waals surface area contributed by atoms with Crippen molar-refractivity contribution in [1.29, 1.82) is 0 Å². The van der Waals surface area contributed by atoms with E-state index >= 15 is 4.39 Å². The maximum atomic E-state index is 16.8. The standard InChI is InChI=1S/C33H37FN6O2/c34-28-29(25-8-2-7-21-5-1-6-22(11-16-41)27(21)25)35-17-26-30(28)37-32(42-20-33-12-3-14-40(33)15-4-13-33)38-31(26)39-18-23-9-10-24(19-39)36-23/h1-2,5-8,17,23-24,36,41H,3-4,9-16,18-20H2/t23-,24+. The minimum absolute atomic E-state index is 0.0178. The Morgan fingerprint density at radius 2 is 1.79 bits per heavy atom. The smallest absolute Gasteiger partial charge is 0.319 e. The molecule has 218 valence electrons. The number of benzene rings is 2. The Morgan fingerprint density at radius 3 is 2.55 bits per heavy atom. The van der Waals surface area contributed by atoms with Crippen LogP contribution in [0.2, 0.25) is 0 Å². The van der Waals surface area contributed by atoms with Crippen molar-refractivity contribution in [3.8, 4) is 17.3 Å². The van der Waals surface area contributed by atoms with E-state index in [1.54, 1.807) is 6.20 Å². The van der Waals surface area contributed by atoms with E-state index in [0.29, 0.717) is 41.9 Å². The monoisotopic (exact) mass is 568 g/mol. The predicted molar refractivity (Wildman–Crippen MR) is 161 cm³/mol. The second-order valence-electron chi connectivity index (χ2n) is 12.6. The molecule has 0 radical (unpaired) electrons. The largest absolute Gasteiger partial charge is 0.461 e. The Kier molecular flexibility index (Phi) is 6.50. The van der Waals surface area contributed by atoms with Crippen LogP contribution in [0.1, 0.15) is 44.1 Å². The number of hydrogen-bond donors (Lipinski definition) is 2. The van der Waals surface area contributed by atoms with E-state index in [0.717, 1.165) is 68.2 Å². The van der Waals surface area contributed by atoms with Crippen LogP contribution in [0.3, 0.4) is 0 Å². The van der Waals surface area contributed by atoms with E-state index in [9.17, 15) is 5.11 Å². The van der Waals surface area contributed by atoms with Crippen molar-refractivity contribution < 1.29 is 14.2 Å². The second kappa shape index (κ2) is 10.4. The molecule has 8 rings (SSSR count). The minimum atomic E-state index is -0.466. The van der Waals surface area contributed by atoms with Gasteiger partial charge in [0.2, 0.25) is 0 Å². The number of rotatable bonds is 7. The fourth-order valence-electron chi connectivity index (χ4n) is 8.09. The van der Waals surface area contributed by atoms with Crippen molar-refractivity contribution in [3.63, 3.8) is 0 Å². The molecule has 4 saturated heterocycles. The van der Waals surface area contributed by atoms with Gasteiger partial charge in [-0.1, -0.05) is 36.4 Å². The molecule has 2 aromatic heterocycles. The number of fused-ring (bicyclic) bond motifs is 5. The van der Waals surface area contributed by atoms with Crippen LogP contribution in [0.5, 0.6) is 6.01 Å². The topological polar surface area (TPSA) is 86.6 Å². The molecule has 4 aliphatic rings. The molecule has 9 heteroatoms. The number of pyridine rings is 1. The number of nitrogens with one attached hydrogen (secondary N) is 1. The molecule has 2 bridgehead atoms. The van der Waals surface area contributed by atoms with Crippen LogP contribution in [0.4, 0.5) is 10.2 Å². The van der Waals surface area contributed by atoms with Gasteiger partial charge in [-0.25, -0.2) is 4.39 Å². The summed E-state index contributed by atoms with van der Waals surface area (Å²) in [6.07, 6.45) is 9.10. The van der Waals surface area contributed by atoms with Crippen molar-refractivity contribution in [3.05, 3.63) is 54.0 Å². The molecule has 0 amide bonds. The number of nitrogens with zero attached hydrogens (tertiary/aromatic N) is 5. The number of ether oxygens (including phenoxy) is 1. The molecule has 2 N–H and O–H groups in total. The van der Waals surface area contributed by atoms with Crippen molar-refractivity contribution in [2.75, 3.05) is 44.3 Å². The van der Waals surface area contributed by atoms with E-state index in [4.69, 9.17) is 19.7 Å². The molecule has 0 aliphatic carbocycles. The highest BCUT2D eigenvalue weighted by Gasteiger charge is 2.45. The number of aliphatic hydroxyl groups is 1. The number of aliphatic hydroxyl groups excluding tert-OH is 1. The highest BCUT2D eigenvalue weighted by molar-refractivity contribution is 6.00. The van der Waals surface area contributed by atoms with E-state index in [1.165, 1.54) is 12.8 Å². The Labute approximate surface area is 244 Å². The number of piperazine rings is 1. The van der Waals surface area contributed by atoms with E-state index in [-0.39, 0.29) is 29.4 Å². The molecule has 4 fully saturated rings. The van der Waals surface area contributed by atoms with Gasteiger partial charge in [-0.15, -0.1) is 0 Å². The fraction of sp³-hybridized carbons (Fsp3) is 0.485. The quantitative estimate of drug-likeness (QED) is 0.338. The zero-order valence-corrected chi connectivity index (χ0v) is 23.9. The summed E-state index contributed by atoms with van der Waals surface area (Å²) >= 11 is 0. The first-order valence-corrected chi connectivity index (χ1v) is 15.5. The van der Waals surface area contributed by atoms with Gasteiger partial charge in [0.25, 0.3) is 0 Å². The lowest BCUT2D eigenvalue weighted by atomic mass is 9.95. The normalized spacial score (nSPS) is 23.2. The van der Waals surface area contributed by atoms with Crippen LogP contribution in [0.25, 0.3) is 32.9 Å². The molecule has 8 nitrogen and oxygen atoms in total. The van der Waals surface area contributed by atoms with Gasteiger partial charge >= 0.3 is 6.01 Å². The molecule has 4 aromatic rings. The van der Waals surface area contributed by atoms with Gasteiger partial charge < -0.3 is 20.1 Å². The highest BCUT2D eigenvalue weighted by atomic mass is 19.1. The Bertz CT molecular complexity index is 1640. The molecule has 6 heterocycles. The molecular formula is C33H37FN6O2. The Hall–Kier alpha value is -3.40. The third kappa shape index (κ3) is 4.32. The van der Waals surface area contributed by atoms with Crippen LogP contribution in [-0.2, 0) is 6.42 Å². The van der Waals surface area contributed by atoms with Crippen LogP contribution in [0.15, 0.2) is 42.6 Å². The van der Waals surface area contributed by atoms with E-state index in [1.807, 2.05) is 36.4 Å². The summed E-state index contributed by atoms with van der Waals surface area (Å²) in [7, 11) is 0. The maximum Gasteiger partial charge on any atom is 0.319 e. The summed E-state index contributed by atoms with van der Waals surface area (Å²) in [5.41, 5.74) is 2.21. The van der Waals surface area contributed by atoms with Gasteiger partial charge in [-0.2, -0.15) is 9.97 Å². The summed E-state index contributed by atoms with van der Waals surface area (Å²) in [5.74, 6) is 0.240. The first-order valence-electron chi connectivity index (χ1n) is 15.5. The first-order chi connectivity index (χ1) is 20.6. The van der Waals surface area contributed by atoms with E-state index < -0.39 is 5.82 Å². The first kappa shape index (κ1) is 26.2. The summed E-state index contributed by atoms with van der Waals surface area (Å²) < 4.78 is 23.2. The lowest BCUT2D eigenvalue weighted by molar-refractivity contribution is 0.108. The van der Waals surface area contributed by atoms with Crippen LogP contribution in [0, 0.1) is 5.82 Å². The summed E-state index contributed by atoms with van der Waals surface area (Å²) in [4.78, 5) is 19.2. The lowest BCUT2D eigenvalue weighted by Crippen LogP contribution is -2.51. The number of halogens is 1. The van der Waals surface area contributed by atoms with Gasteiger partial charge in [0, 0.05) is 43.5 Å². The third-order valence-electron chi connectivity index (χ3n) is 10.1. The van der Waals surface area contributed by atoms with Gasteiger partial charge in [0.15, 0.2) is 5.82 Å². The zero-order chi connectivity index (χ0) is 28.3. The molecule has 42 heavy (non-hydrogen) atoms. The highest BCUT2D eigenvalue weighted by Crippen LogP contribution is 2.40. The average molecular weight is 569 g/mol. The van der Waals surface area contributed by atoms with E-state index in [2.05, 4.69) is 15.1 Å². The molecule has 2 atom stereocenters. The molecule has 0 saturated carbocycles. The van der Waals surface area contributed by atoms with Crippen LogP contribution in [-0.4, -0.2) is 82.0 Å².